The number of rotatable bonds is 4. The Labute approximate surface area is 159 Å². The zero-order chi connectivity index (χ0) is 20.0. The molecule has 0 saturated carbocycles. The van der Waals surface area contributed by atoms with Crippen LogP contribution in [0.3, 0.4) is 0 Å². The third-order valence-corrected chi connectivity index (χ3v) is 6.89. The van der Waals surface area contributed by atoms with Crippen LogP contribution in [-0.2, 0) is 9.84 Å². The van der Waals surface area contributed by atoms with Crippen LogP contribution in [0.4, 0.5) is 5.82 Å². The lowest BCUT2D eigenvalue weighted by molar-refractivity contribution is 0.401. The van der Waals surface area contributed by atoms with E-state index >= 15 is 0 Å². The molecule has 0 N–H and O–H groups in total. The number of hydrogen-bond donors (Lipinski definition) is 0. The third kappa shape index (κ3) is 3.25. The molecule has 0 unspecified atom stereocenters. The first-order chi connectivity index (χ1) is 12.6. The highest BCUT2D eigenvalue weighted by atomic mass is 32.2. The van der Waals surface area contributed by atoms with E-state index < -0.39 is 14.6 Å². The van der Waals surface area contributed by atoms with Gasteiger partial charge in [0, 0.05) is 38.1 Å². The van der Waals surface area contributed by atoms with Gasteiger partial charge in [0.2, 0.25) is 0 Å². The molecule has 7 nitrogen and oxygen atoms in total. The van der Waals surface area contributed by atoms with Crippen molar-refractivity contribution < 1.29 is 13.2 Å². The number of hydrogen-bond acceptors (Lipinski definition) is 6. The number of methoxy groups -OCH3 is 1. The first-order valence-electron chi connectivity index (χ1n) is 8.50. The van der Waals surface area contributed by atoms with Gasteiger partial charge < -0.3 is 9.64 Å². The van der Waals surface area contributed by atoms with Crippen LogP contribution in [0.15, 0.2) is 41.7 Å². The molecule has 0 bridgehead atoms. The van der Waals surface area contributed by atoms with E-state index in [4.69, 9.17) is 4.74 Å². The van der Waals surface area contributed by atoms with Gasteiger partial charge in [0.1, 0.15) is 22.1 Å². The first kappa shape index (κ1) is 19.2. The fraction of sp³-hybridized carbons (Fsp3) is 0.368. The number of nitrogens with zero attached hydrogens (tertiary/aromatic N) is 4. The van der Waals surface area contributed by atoms with Gasteiger partial charge in [-0.05, 0) is 32.9 Å². The normalized spacial score (nSPS) is 12.4. The Kier molecular flexibility index (Phi) is 4.63. The molecular weight excluding hydrogens is 364 g/mol. The second-order valence-electron chi connectivity index (χ2n) is 7.49. The van der Waals surface area contributed by atoms with Crippen molar-refractivity contribution in [2.24, 2.45) is 0 Å². The molecule has 0 aliphatic carbocycles. The van der Waals surface area contributed by atoms with Gasteiger partial charge in [-0.15, -0.1) is 0 Å². The molecule has 3 aromatic heterocycles. The van der Waals surface area contributed by atoms with Gasteiger partial charge in [0.15, 0.2) is 9.84 Å². The summed E-state index contributed by atoms with van der Waals surface area (Å²) in [6.07, 6.45) is 5.03. The summed E-state index contributed by atoms with van der Waals surface area (Å²) >= 11 is 0. The highest BCUT2D eigenvalue weighted by molar-refractivity contribution is 7.92. The molecule has 0 aliphatic heterocycles. The molecule has 0 spiro atoms. The molecular formula is C19H24N4O3S. The summed E-state index contributed by atoms with van der Waals surface area (Å²) in [6.45, 7) is 5.01. The van der Waals surface area contributed by atoms with Crippen LogP contribution >= 0.6 is 0 Å². The van der Waals surface area contributed by atoms with Gasteiger partial charge in [0.25, 0.3) is 0 Å². The van der Waals surface area contributed by atoms with Crippen molar-refractivity contribution in [1.29, 1.82) is 0 Å². The van der Waals surface area contributed by atoms with E-state index in [-0.39, 0.29) is 10.6 Å². The van der Waals surface area contributed by atoms with Crippen LogP contribution in [0.5, 0.6) is 5.75 Å². The third-order valence-electron chi connectivity index (χ3n) is 4.39. The maximum absolute atomic E-state index is 13.0. The van der Waals surface area contributed by atoms with E-state index in [9.17, 15) is 8.42 Å². The Hall–Kier alpha value is -2.61. The standard InChI is InChI=1S/C19H24N4O3S/c1-19(2,3)27(24,25)16-12-23-14(11-21-18(23)9-15(16)26-6)13-7-8-17(20-10-13)22(4)5/h7-12H,1-6H3. The molecule has 0 radical (unpaired) electrons. The van der Waals surface area contributed by atoms with Gasteiger partial charge >= 0.3 is 0 Å². The van der Waals surface area contributed by atoms with E-state index in [0.29, 0.717) is 5.65 Å². The molecule has 0 aliphatic rings. The van der Waals surface area contributed by atoms with Crippen LogP contribution in [0.2, 0.25) is 0 Å². The van der Waals surface area contributed by atoms with Gasteiger partial charge in [-0.25, -0.2) is 18.4 Å². The zero-order valence-electron chi connectivity index (χ0n) is 16.4. The van der Waals surface area contributed by atoms with Gasteiger partial charge in [-0.1, -0.05) is 0 Å². The molecule has 27 heavy (non-hydrogen) atoms. The summed E-state index contributed by atoms with van der Waals surface area (Å²) in [5.41, 5.74) is 2.21. The lowest BCUT2D eigenvalue weighted by Crippen LogP contribution is -2.28. The summed E-state index contributed by atoms with van der Waals surface area (Å²) < 4.78 is 32.2. The predicted molar refractivity (Wildman–Crippen MR) is 106 cm³/mol. The van der Waals surface area contributed by atoms with Crippen molar-refractivity contribution in [2.45, 2.75) is 30.4 Å². The molecule has 0 fully saturated rings. The largest absolute Gasteiger partial charge is 0.495 e. The average molecular weight is 388 g/mol. The number of imidazole rings is 1. The fourth-order valence-electron chi connectivity index (χ4n) is 2.69. The fourth-order valence-corrected chi connectivity index (χ4v) is 4.00. The van der Waals surface area contributed by atoms with E-state index in [2.05, 4.69) is 9.97 Å². The lowest BCUT2D eigenvalue weighted by Gasteiger charge is -2.21. The average Bonchev–Trinajstić information content (AvgIpc) is 3.02. The Bertz CT molecular complexity index is 1080. The summed E-state index contributed by atoms with van der Waals surface area (Å²) in [5.74, 6) is 1.13. The van der Waals surface area contributed by atoms with Crippen LogP contribution in [-0.4, -0.2) is 48.7 Å². The Morgan fingerprint density at radius 3 is 2.33 bits per heavy atom. The molecule has 8 heteroatoms. The van der Waals surface area contributed by atoms with Gasteiger partial charge in [-0.3, -0.25) is 4.40 Å². The Balaban J connectivity index is 2.22. The van der Waals surface area contributed by atoms with Crippen LogP contribution < -0.4 is 9.64 Å². The van der Waals surface area contributed by atoms with Crippen molar-refractivity contribution in [1.82, 2.24) is 14.4 Å². The first-order valence-corrected chi connectivity index (χ1v) is 9.98. The summed E-state index contributed by atoms with van der Waals surface area (Å²) in [6, 6.07) is 5.49. The number of fused-ring (bicyclic) bond motifs is 1. The molecule has 3 aromatic rings. The minimum Gasteiger partial charge on any atom is -0.495 e. The minimum absolute atomic E-state index is 0.141. The van der Waals surface area contributed by atoms with Crippen molar-refractivity contribution in [3.05, 3.63) is 36.8 Å². The molecule has 144 valence electrons. The maximum atomic E-state index is 13.0. The molecule has 3 rings (SSSR count). The Morgan fingerprint density at radius 2 is 1.81 bits per heavy atom. The molecule has 0 saturated heterocycles. The molecule has 0 amide bonds. The van der Waals surface area contributed by atoms with Crippen molar-refractivity contribution in [3.63, 3.8) is 0 Å². The summed E-state index contributed by atoms with van der Waals surface area (Å²) in [4.78, 5) is 10.9. The molecule has 3 heterocycles. The highest BCUT2D eigenvalue weighted by Crippen LogP contribution is 2.34. The highest BCUT2D eigenvalue weighted by Gasteiger charge is 2.34. The topological polar surface area (TPSA) is 76.8 Å². The van der Waals surface area contributed by atoms with Crippen molar-refractivity contribution >= 4 is 21.3 Å². The van der Waals surface area contributed by atoms with Crippen LogP contribution in [0, 0.1) is 0 Å². The predicted octanol–water partition coefficient (Wildman–Crippen LogP) is 3.04. The summed E-state index contributed by atoms with van der Waals surface area (Å²) in [5, 5.41) is 0. The summed E-state index contributed by atoms with van der Waals surface area (Å²) in [7, 11) is 1.70. The maximum Gasteiger partial charge on any atom is 0.188 e. The van der Waals surface area contributed by atoms with Crippen LogP contribution in [0.25, 0.3) is 16.9 Å². The van der Waals surface area contributed by atoms with Gasteiger partial charge in [-0.2, -0.15) is 0 Å². The van der Waals surface area contributed by atoms with Crippen molar-refractivity contribution in [3.8, 4) is 17.0 Å². The number of ether oxygens (including phenoxy) is 1. The van der Waals surface area contributed by atoms with Crippen molar-refractivity contribution in [2.75, 3.05) is 26.1 Å². The Morgan fingerprint density at radius 1 is 1.11 bits per heavy atom. The second-order valence-corrected chi connectivity index (χ2v) is 10.2. The smallest absolute Gasteiger partial charge is 0.188 e. The van der Waals surface area contributed by atoms with Gasteiger partial charge in [0.05, 0.1) is 23.7 Å². The minimum atomic E-state index is -3.60. The lowest BCUT2D eigenvalue weighted by atomic mass is 10.2. The monoisotopic (exact) mass is 388 g/mol. The van der Waals surface area contributed by atoms with E-state index in [0.717, 1.165) is 17.1 Å². The quantitative estimate of drug-likeness (QED) is 0.684. The van der Waals surface area contributed by atoms with E-state index in [1.807, 2.05) is 31.1 Å². The second kappa shape index (κ2) is 6.53. The SMILES string of the molecule is COc1cc2ncc(-c3ccc(N(C)C)nc3)n2cc1S(=O)(=O)C(C)(C)C. The van der Waals surface area contributed by atoms with E-state index in [1.165, 1.54) is 7.11 Å². The van der Waals surface area contributed by atoms with Crippen LogP contribution in [0.1, 0.15) is 20.8 Å². The number of pyridine rings is 2. The molecule has 0 atom stereocenters. The van der Waals surface area contributed by atoms with E-state index in [1.54, 1.807) is 49.8 Å². The molecule has 0 aromatic carbocycles. The number of sulfone groups is 1. The number of aromatic nitrogens is 3. The number of anilines is 1. The zero-order valence-corrected chi connectivity index (χ0v) is 17.2.